The lowest BCUT2D eigenvalue weighted by molar-refractivity contribution is 0.0914. The third-order valence-corrected chi connectivity index (χ3v) is 3.86. The number of carbonyl (C=O) groups is 2. The van der Waals surface area contributed by atoms with Crippen LogP contribution in [0.5, 0.6) is 0 Å². The molecular weight excluding hydrogens is 302 g/mol. The zero-order chi connectivity index (χ0) is 17.6. The topological polar surface area (TPSA) is 71.1 Å². The van der Waals surface area contributed by atoms with Crippen LogP contribution in [0.1, 0.15) is 73.7 Å². The Morgan fingerprint density at radius 1 is 1.21 bits per heavy atom. The van der Waals surface area contributed by atoms with Gasteiger partial charge in [0.05, 0.1) is 0 Å². The van der Waals surface area contributed by atoms with Gasteiger partial charge in [-0.3, -0.25) is 14.6 Å². The summed E-state index contributed by atoms with van der Waals surface area (Å²) in [5, 5.41) is 5.77. The Hall–Kier alpha value is -2.17. The highest BCUT2D eigenvalue weighted by Crippen LogP contribution is 2.19. The van der Waals surface area contributed by atoms with Crippen LogP contribution in [0.4, 0.5) is 0 Å². The summed E-state index contributed by atoms with van der Waals surface area (Å²) in [6, 6.07) is 3.17. The second-order valence-corrected chi connectivity index (χ2v) is 7.25. The SMILES string of the molecule is CC(C)(C)NC(=O)c1cc(C(=O)NCCC2=CCCCC2)ccn1. The third kappa shape index (κ3) is 5.80. The second-order valence-electron chi connectivity index (χ2n) is 7.25. The monoisotopic (exact) mass is 329 g/mol. The number of aromatic nitrogens is 1. The molecular formula is C19H27N3O2. The smallest absolute Gasteiger partial charge is 0.270 e. The van der Waals surface area contributed by atoms with Crippen molar-refractivity contribution in [2.75, 3.05) is 6.54 Å². The van der Waals surface area contributed by atoms with Crippen LogP contribution in [-0.2, 0) is 0 Å². The molecule has 0 bridgehead atoms. The number of hydrogen-bond acceptors (Lipinski definition) is 3. The van der Waals surface area contributed by atoms with E-state index in [1.165, 1.54) is 30.7 Å². The number of pyridine rings is 1. The Bertz CT molecular complexity index is 630. The maximum absolute atomic E-state index is 12.3. The summed E-state index contributed by atoms with van der Waals surface area (Å²) in [7, 11) is 0. The van der Waals surface area contributed by atoms with Gasteiger partial charge in [-0.2, -0.15) is 0 Å². The second kappa shape index (κ2) is 8.08. The minimum absolute atomic E-state index is 0.168. The van der Waals surface area contributed by atoms with Crippen LogP contribution in [-0.4, -0.2) is 28.9 Å². The van der Waals surface area contributed by atoms with Crippen LogP contribution >= 0.6 is 0 Å². The van der Waals surface area contributed by atoms with Gasteiger partial charge in [0.15, 0.2) is 0 Å². The van der Waals surface area contributed by atoms with Crippen LogP contribution in [0.2, 0.25) is 0 Å². The maximum atomic E-state index is 12.3. The minimum atomic E-state index is -0.343. The largest absolute Gasteiger partial charge is 0.352 e. The summed E-state index contributed by atoms with van der Waals surface area (Å²) in [6.07, 6.45) is 9.49. The Kier molecular flexibility index (Phi) is 6.12. The molecule has 0 fully saturated rings. The molecule has 0 saturated heterocycles. The van der Waals surface area contributed by atoms with Crippen molar-refractivity contribution in [1.29, 1.82) is 0 Å². The van der Waals surface area contributed by atoms with E-state index in [0.29, 0.717) is 12.1 Å². The normalized spacial score (nSPS) is 14.7. The van der Waals surface area contributed by atoms with Gasteiger partial charge in [0.25, 0.3) is 11.8 Å². The van der Waals surface area contributed by atoms with E-state index in [1.807, 2.05) is 20.8 Å². The van der Waals surface area contributed by atoms with E-state index in [4.69, 9.17) is 0 Å². The van der Waals surface area contributed by atoms with Crippen molar-refractivity contribution in [3.63, 3.8) is 0 Å². The van der Waals surface area contributed by atoms with Gasteiger partial charge in [-0.05, 0) is 65.0 Å². The van der Waals surface area contributed by atoms with Gasteiger partial charge in [-0.1, -0.05) is 11.6 Å². The minimum Gasteiger partial charge on any atom is -0.352 e. The van der Waals surface area contributed by atoms with Crippen molar-refractivity contribution in [3.05, 3.63) is 41.2 Å². The zero-order valence-corrected chi connectivity index (χ0v) is 14.8. The molecule has 5 heteroatoms. The molecule has 0 aliphatic heterocycles. The molecule has 0 spiro atoms. The van der Waals surface area contributed by atoms with Crippen molar-refractivity contribution in [2.24, 2.45) is 0 Å². The molecule has 2 N–H and O–H groups in total. The molecule has 1 aliphatic rings. The van der Waals surface area contributed by atoms with Crippen molar-refractivity contribution >= 4 is 11.8 Å². The van der Waals surface area contributed by atoms with Gasteiger partial charge in [0.1, 0.15) is 5.69 Å². The van der Waals surface area contributed by atoms with E-state index in [9.17, 15) is 9.59 Å². The summed E-state index contributed by atoms with van der Waals surface area (Å²) in [4.78, 5) is 28.5. The van der Waals surface area contributed by atoms with Gasteiger partial charge in [0.2, 0.25) is 0 Å². The van der Waals surface area contributed by atoms with E-state index < -0.39 is 0 Å². The highest BCUT2D eigenvalue weighted by atomic mass is 16.2. The predicted molar refractivity (Wildman–Crippen MR) is 95.0 cm³/mol. The fourth-order valence-corrected chi connectivity index (χ4v) is 2.67. The van der Waals surface area contributed by atoms with E-state index in [1.54, 1.807) is 6.07 Å². The molecule has 2 rings (SSSR count). The van der Waals surface area contributed by atoms with Gasteiger partial charge in [-0.15, -0.1) is 0 Å². The average molecular weight is 329 g/mol. The first-order valence-electron chi connectivity index (χ1n) is 8.60. The molecule has 0 saturated carbocycles. The Balaban J connectivity index is 1.91. The lowest BCUT2D eigenvalue weighted by Gasteiger charge is -2.20. The van der Waals surface area contributed by atoms with Gasteiger partial charge < -0.3 is 10.6 Å². The van der Waals surface area contributed by atoms with Crippen LogP contribution in [0.3, 0.4) is 0 Å². The van der Waals surface area contributed by atoms with Crippen molar-refractivity contribution in [3.8, 4) is 0 Å². The average Bonchev–Trinajstić information content (AvgIpc) is 2.54. The number of amides is 2. The Labute approximate surface area is 143 Å². The first-order valence-corrected chi connectivity index (χ1v) is 8.60. The summed E-state index contributed by atoms with van der Waals surface area (Å²) >= 11 is 0. The van der Waals surface area contributed by atoms with Gasteiger partial charge >= 0.3 is 0 Å². The summed E-state index contributed by atoms with van der Waals surface area (Å²) in [5.41, 5.74) is 1.81. The Morgan fingerprint density at radius 2 is 2.00 bits per heavy atom. The van der Waals surface area contributed by atoms with Crippen molar-refractivity contribution < 1.29 is 9.59 Å². The lowest BCUT2D eigenvalue weighted by Crippen LogP contribution is -2.41. The number of carbonyl (C=O) groups excluding carboxylic acids is 2. The van der Waals surface area contributed by atoms with Gasteiger partial charge in [-0.25, -0.2) is 0 Å². The fraction of sp³-hybridized carbons (Fsp3) is 0.526. The zero-order valence-electron chi connectivity index (χ0n) is 14.8. The molecule has 1 aromatic rings. The van der Waals surface area contributed by atoms with E-state index in [-0.39, 0.29) is 23.0 Å². The molecule has 1 heterocycles. The first-order chi connectivity index (χ1) is 11.3. The molecule has 1 aliphatic carbocycles. The molecule has 2 amide bonds. The molecule has 0 aromatic carbocycles. The van der Waals surface area contributed by atoms with E-state index >= 15 is 0 Å². The van der Waals surface area contributed by atoms with Crippen LogP contribution in [0.25, 0.3) is 0 Å². The number of nitrogens with zero attached hydrogens (tertiary/aromatic N) is 1. The Morgan fingerprint density at radius 3 is 2.67 bits per heavy atom. The highest BCUT2D eigenvalue weighted by Gasteiger charge is 2.17. The molecule has 130 valence electrons. The third-order valence-electron chi connectivity index (χ3n) is 3.86. The molecule has 0 radical (unpaired) electrons. The fourth-order valence-electron chi connectivity index (χ4n) is 2.67. The molecule has 0 atom stereocenters. The molecule has 5 nitrogen and oxygen atoms in total. The molecule has 1 aromatic heterocycles. The number of nitrogens with one attached hydrogen (secondary N) is 2. The number of allylic oxidation sites excluding steroid dienone is 1. The van der Waals surface area contributed by atoms with Gasteiger partial charge in [0, 0.05) is 23.8 Å². The van der Waals surface area contributed by atoms with Crippen LogP contribution in [0, 0.1) is 0 Å². The summed E-state index contributed by atoms with van der Waals surface area (Å²) in [6.45, 7) is 6.33. The quantitative estimate of drug-likeness (QED) is 0.815. The predicted octanol–water partition coefficient (Wildman–Crippen LogP) is 3.23. The molecule has 24 heavy (non-hydrogen) atoms. The lowest BCUT2D eigenvalue weighted by atomic mass is 9.97. The summed E-state index contributed by atoms with van der Waals surface area (Å²) < 4.78 is 0. The standard InChI is InChI=1S/C19H27N3O2/c1-19(2,3)22-18(24)16-13-15(10-12-20-16)17(23)21-11-9-14-7-5-4-6-8-14/h7,10,12-13H,4-6,8-9,11H2,1-3H3,(H,21,23)(H,22,24). The number of hydrogen-bond donors (Lipinski definition) is 2. The van der Waals surface area contributed by atoms with Crippen LogP contribution < -0.4 is 10.6 Å². The first kappa shape index (κ1) is 18.2. The van der Waals surface area contributed by atoms with Crippen molar-refractivity contribution in [1.82, 2.24) is 15.6 Å². The van der Waals surface area contributed by atoms with Crippen LogP contribution in [0.15, 0.2) is 30.0 Å². The molecule has 0 unspecified atom stereocenters. The van der Waals surface area contributed by atoms with E-state index in [2.05, 4.69) is 21.7 Å². The van der Waals surface area contributed by atoms with E-state index in [0.717, 1.165) is 19.3 Å². The number of rotatable bonds is 5. The van der Waals surface area contributed by atoms with Crippen molar-refractivity contribution in [2.45, 2.75) is 58.4 Å². The summed E-state index contributed by atoms with van der Waals surface area (Å²) in [5.74, 6) is -0.442. The maximum Gasteiger partial charge on any atom is 0.270 e. The highest BCUT2D eigenvalue weighted by molar-refractivity contribution is 5.98.